The fraction of sp³-hybridized carbons (Fsp3) is 0.412. The Balaban J connectivity index is 1.52. The van der Waals surface area contributed by atoms with Gasteiger partial charge in [-0.3, -0.25) is 14.6 Å². The number of aromatic amines is 1. The van der Waals surface area contributed by atoms with Crippen LogP contribution in [0, 0.1) is 6.92 Å². The molecule has 1 amide bonds. The van der Waals surface area contributed by atoms with Crippen LogP contribution in [0.15, 0.2) is 34.2 Å². The van der Waals surface area contributed by atoms with Gasteiger partial charge in [0, 0.05) is 24.5 Å². The van der Waals surface area contributed by atoms with Gasteiger partial charge in [-0.05, 0) is 50.5 Å². The molecule has 1 aliphatic rings. The van der Waals surface area contributed by atoms with E-state index in [1.807, 2.05) is 24.3 Å². The number of hydrogen-bond acceptors (Lipinski definition) is 6. The highest BCUT2D eigenvalue weighted by Gasteiger charge is 2.11. The van der Waals surface area contributed by atoms with Crippen LogP contribution < -0.4 is 15.8 Å². The van der Waals surface area contributed by atoms with Crippen LogP contribution in [0.1, 0.15) is 25.0 Å². The monoisotopic (exact) mass is 359 g/mol. The van der Waals surface area contributed by atoms with Crippen LogP contribution in [0.25, 0.3) is 0 Å². The van der Waals surface area contributed by atoms with Gasteiger partial charge in [-0.15, -0.1) is 10.2 Å². The Bertz CT molecular complexity index is 784. The van der Waals surface area contributed by atoms with E-state index in [1.165, 1.54) is 24.9 Å². The SMILES string of the molecule is Cc1nnc(SCC(=O)Nc2ccc(N3CCCCC3)cc2)[nH]c1=O. The van der Waals surface area contributed by atoms with E-state index in [1.54, 1.807) is 6.92 Å². The van der Waals surface area contributed by atoms with Crippen molar-refractivity contribution in [3.8, 4) is 0 Å². The molecule has 0 spiro atoms. The quantitative estimate of drug-likeness (QED) is 0.795. The van der Waals surface area contributed by atoms with Gasteiger partial charge >= 0.3 is 0 Å². The molecule has 0 radical (unpaired) electrons. The number of hydrogen-bond donors (Lipinski definition) is 2. The van der Waals surface area contributed by atoms with Crippen LogP contribution in [0.4, 0.5) is 11.4 Å². The lowest BCUT2D eigenvalue weighted by Gasteiger charge is -2.28. The van der Waals surface area contributed by atoms with E-state index in [4.69, 9.17) is 0 Å². The van der Waals surface area contributed by atoms with E-state index >= 15 is 0 Å². The summed E-state index contributed by atoms with van der Waals surface area (Å²) in [6, 6.07) is 7.91. The molecule has 2 aromatic rings. The normalized spacial score (nSPS) is 14.4. The number of anilines is 2. The van der Waals surface area contributed by atoms with Gasteiger partial charge < -0.3 is 10.2 Å². The van der Waals surface area contributed by atoms with E-state index in [0.29, 0.717) is 10.9 Å². The number of benzene rings is 1. The standard InChI is InChI=1S/C17H21N5O2S/c1-12-16(24)19-17(21-20-12)25-11-15(23)18-13-5-7-14(8-6-13)22-9-3-2-4-10-22/h5-8H,2-4,9-11H2,1H3,(H,18,23)(H,19,21,24). The van der Waals surface area contributed by atoms with Crippen molar-refractivity contribution in [3.05, 3.63) is 40.3 Å². The smallest absolute Gasteiger partial charge is 0.273 e. The van der Waals surface area contributed by atoms with Crippen molar-refractivity contribution < 1.29 is 4.79 Å². The van der Waals surface area contributed by atoms with Crippen molar-refractivity contribution in [2.45, 2.75) is 31.3 Å². The number of aryl methyl sites for hydroxylation is 1. The molecule has 2 heterocycles. The van der Waals surface area contributed by atoms with Gasteiger partial charge in [0.25, 0.3) is 5.56 Å². The Labute approximate surface area is 150 Å². The second-order valence-electron chi connectivity index (χ2n) is 5.98. The molecular weight excluding hydrogens is 338 g/mol. The van der Waals surface area contributed by atoms with E-state index < -0.39 is 0 Å². The van der Waals surface area contributed by atoms with Gasteiger partial charge in [0.15, 0.2) is 5.16 Å². The molecule has 1 aliphatic heterocycles. The predicted molar refractivity (Wildman–Crippen MR) is 99.2 cm³/mol. The first-order chi connectivity index (χ1) is 12.1. The summed E-state index contributed by atoms with van der Waals surface area (Å²) in [5.74, 6) is 0.000570. The molecule has 25 heavy (non-hydrogen) atoms. The molecule has 2 N–H and O–H groups in total. The van der Waals surface area contributed by atoms with E-state index in [-0.39, 0.29) is 17.2 Å². The molecular formula is C17H21N5O2S. The zero-order valence-electron chi connectivity index (χ0n) is 14.1. The van der Waals surface area contributed by atoms with Crippen molar-refractivity contribution in [2.24, 2.45) is 0 Å². The molecule has 0 aliphatic carbocycles. The Morgan fingerprint density at radius 2 is 1.92 bits per heavy atom. The van der Waals surface area contributed by atoms with Crippen LogP contribution in [-0.4, -0.2) is 39.9 Å². The highest BCUT2D eigenvalue weighted by atomic mass is 32.2. The first kappa shape index (κ1) is 17.5. The highest BCUT2D eigenvalue weighted by Crippen LogP contribution is 2.22. The molecule has 1 saturated heterocycles. The molecule has 1 fully saturated rings. The molecule has 0 unspecified atom stereocenters. The van der Waals surface area contributed by atoms with Crippen molar-refractivity contribution in [3.63, 3.8) is 0 Å². The van der Waals surface area contributed by atoms with Crippen LogP contribution in [0.5, 0.6) is 0 Å². The van der Waals surface area contributed by atoms with Gasteiger partial charge in [0.05, 0.1) is 5.75 Å². The van der Waals surface area contributed by atoms with Crippen LogP contribution in [0.3, 0.4) is 0 Å². The summed E-state index contributed by atoms with van der Waals surface area (Å²) in [6.07, 6.45) is 3.78. The number of aromatic nitrogens is 3. The lowest BCUT2D eigenvalue weighted by atomic mass is 10.1. The molecule has 3 rings (SSSR count). The van der Waals surface area contributed by atoms with Gasteiger partial charge in [0.2, 0.25) is 5.91 Å². The number of nitrogens with one attached hydrogen (secondary N) is 2. The van der Waals surface area contributed by atoms with Gasteiger partial charge in [-0.2, -0.15) is 0 Å². The number of carbonyl (C=O) groups is 1. The van der Waals surface area contributed by atoms with Gasteiger partial charge in [-0.25, -0.2) is 0 Å². The maximum Gasteiger partial charge on any atom is 0.273 e. The molecule has 0 bridgehead atoms. The molecule has 1 aromatic heterocycles. The second kappa shape index (κ2) is 8.15. The topological polar surface area (TPSA) is 91.0 Å². The number of H-pyrrole nitrogens is 1. The van der Waals surface area contributed by atoms with Crippen LogP contribution in [-0.2, 0) is 4.79 Å². The number of carbonyl (C=O) groups excluding carboxylic acids is 1. The molecule has 0 atom stereocenters. The lowest BCUT2D eigenvalue weighted by molar-refractivity contribution is -0.113. The summed E-state index contributed by atoms with van der Waals surface area (Å²) in [5.41, 5.74) is 1.98. The summed E-state index contributed by atoms with van der Waals surface area (Å²) < 4.78 is 0. The predicted octanol–water partition coefficient (Wildman–Crippen LogP) is 2.19. The number of piperidine rings is 1. The zero-order valence-corrected chi connectivity index (χ0v) is 14.9. The van der Waals surface area contributed by atoms with Crippen LogP contribution in [0.2, 0.25) is 0 Å². The number of thioether (sulfide) groups is 1. The summed E-state index contributed by atoms with van der Waals surface area (Å²) in [6.45, 7) is 3.77. The fourth-order valence-corrected chi connectivity index (χ4v) is 3.29. The number of amides is 1. The third-order valence-corrected chi connectivity index (χ3v) is 4.92. The minimum absolute atomic E-state index is 0.154. The molecule has 132 valence electrons. The largest absolute Gasteiger partial charge is 0.372 e. The summed E-state index contributed by atoms with van der Waals surface area (Å²) in [7, 11) is 0. The maximum absolute atomic E-state index is 12.0. The first-order valence-corrected chi connectivity index (χ1v) is 9.31. The molecule has 1 aromatic carbocycles. The Hall–Kier alpha value is -2.35. The average Bonchev–Trinajstić information content (AvgIpc) is 2.64. The van der Waals surface area contributed by atoms with Crippen molar-refractivity contribution in [1.82, 2.24) is 15.2 Å². The zero-order chi connectivity index (χ0) is 17.6. The van der Waals surface area contributed by atoms with E-state index in [9.17, 15) is 9.59 Å². The maximum atomic E-state index is 12.0. The minimum atomic E-state index is -0.286. The Morgan fingerprint density at radius 1 is 1.20 bits per heavy atom. The third kappa shape index (κ3) is 4.82. The number of rotatable bonds is 5. The van der Waals surface area contributed by atoms with Gasteiger partial charge in [0.1, 0.15) is 5.69 Å². The summed E-state index contributed by atoms with van der Waals surface area (Å²) in [4.78, 5) is 28.5. The first-order valence-electron chi connectivity index (χ1n) is 8.33. The summed E-state index contributed by atoms with van der Waals surface area (Å²) in [5, 5.41) is 10.8. The average molecular weight is 359 g/mol. The Kier molecular flexibility index (Phi) is 5.70. The molecule has 7 nitrogen and oxygen atoms in total. The van der Waals surface area contributed by atoms with Gasteiger partial charge in [-0.1, -0.05) is 11.8 Å². The molecule has 0 saturated carbocycles. The van der Waals surface area contributed by atoms with Crippen molar-refractivity contribution in [2.75, 3.05) is 29.1 Å². The number of nitrogens with zero attached hydrogens (tertiary/aromatic N) is 3. The van der Waals surface area contributed by atoms with Crippen molar-refractivity contribution >= 4 is 29.0 Å². The highest BCUT2D eigenvalue weighted by molar-refractivity contribution is 7.99. The fourth-order valence-electron chi connectivity index (χ4n) is 2.68. The van der Waals surface area contributed by atoms with Crippen molar-refractivity contribution in [1.29, 1.82) is 0 Å². The van der Waals surface area contributed by atoms with Crippen LogP contribution >= 0.6 is 11.8 Å². The Morgan fingerprint density at radius 3 is 2.60 bits per heavy atom. The molecule has 8 heteroatoms. The second-order valence-corrected chi connectivity index (χ2v) is 6.94. The lowest BCUT2D eigenvalue weighted by Crippen LogP contribution is -2.29. The van der Waals surface area contributed by atoms with E-state index in [2.05, 4.69) is 25.4 Å². The minimum Gasteiger partial charge on any atom is -0.372 e. The van der Waals surface area contributed by atoms with E-state index in [0.717, 1.165) is 30.5 Å². The summed E-state index contributed by atoms with van der Waals surface area (Å²) >= 11 is 1.15. The third-order valence-electron chi connectivity index (χ3n) is 4.05.